The summed E-state index contributed by atoms with van der Waals surface area (Å²) in [5, 5.41) is 14.3. The monoisotopic (exact) mass is 342 g/mol. The van der Waals surface area contributed by atoms with Crippen molar-refractivity contribution in [1.29, 1.82) is 0 Å². The van der Waals surface area contributed by atoms with E-state index in [1.54, 1.807) is 19.9 Å². The Morgan fingerprint density at radius 1 is 1.24 bits per heavy atom. The van der Waals surface area contributed by atoms with Gasteiger partial charge in [-0.05, 0) is 37.6 Å². The van der Waals surface area contributed by atoms with Crippen molar-refractivity contribution in [2.24, 2.45) is 0 Å². The van der Waals surface area contributed by atoms with Crippen molar-refractivity contribution in [2.45, 2.75) is 13.8 Å². The van der Waals surface area contributed by atoms with Crippen LogP contribution >= 0.6 is 0 Å². The van der Waals surface area contributed by atoms with Gasteiger partial charge in [-0.1, -0.05) is 6.07 Å². The topological polar surface area (TPSA) is 85.4 Å². The standard InChI is InChI=1S/C18H15FN2O4/c1-10-3-5-13(21(23)24)8-15(10)20-9-16(22)18-11(2)14-7-12(19)4-6-17(14)25-18/h3-8,20H,9H2,1-2H3. The van der Waals surface area contributed by atoms with Gasteiger partial charge in [0.05, 0.1) is 11.5 Å². The maximum Gasteiger partial charge on any atom is 0.271 e. The van der Waals surface area contributed by atoms with Gasteiger partial charge in [0, 0.05) is 28.8 Å². The normalized spacial score (nSPS) is 10.8. The van der Waals surface area contributed by atoms with Crippen LogP contribution in [0.25, 0.3) is 11.0 Å². The van der Waals surface area contributed by atoms with E-state index < -0.39 is 10.7 Å². The number of furan rings is 1. The van der Waals surface area contributed by atoms with Crippen LogP contribution in [0.4, 0.5) is 15.8 Å². The number of hydrogen-bond donors (Lipinski definition) is 1. The van der Waals surface area contributed by atoms with Crippen LogP contribution in [0.2, 0.25) is 0 Å². The average Bonchev–Trinajstić information content (AvgIpc) is 2.90. The number of nitrogens with zero attached hydrogens (tertiary/aromatic N) is 1. The maximum absolute atomic E-state index is 13.3. The fourth-order valence-electron chi connectivity index (χ4n) is 2.63. The van der Waals surface area contributed by atoms with Crippen molar-refractivity contribution in [3.05, 3.63) is 69.2 Å². The first-order chi connectivity index (χ1) is 11.9. The Hall–Kier alpha value is -3.22. The molecule has 3 aromatic rings. The largest absolute Gasteiger partial charge is 0.453 e. The lowest BCUT2D eigenvalue weighted by molar-refractivity contribution is -0.384. The van der Waals surface area contributed by atoms with Crippen LogP contribution in [-0.4, -0.2) is 17.3 Å². The van der Waals surface area contributed by atoms with E-state index >= 15 is 0 Å². The van der Waals surface area contributed by atoms with Crippen molar-refractivity contribution in [3.63, 3.8) is 0 Å². The van der Waals surface area contributed by atoms with E-state index in [-0.39, 0.29) is 23.8 Å². The van der Waals surface area contributed by atoms with E-state index in [4.69, 9.17) is 4.42 Å². The first-order valence-corrected chi connectivity index (χ1v) is 7.57. The molecule has 0 saturated carbocycles. The molecule has 1 aromatic heterocycles. The van der Waals surface area contributed by atoms with Gasteiger partial charge in [0.2, 0.25) is 5.78 Å². The predicted molar refractivity (Wildman–Crippen MR) is 91.6 cm³/mol. The number of hydrogen-bond acceptors (Lipinski definition) is 5. The minimum Gasteiger partial charge on any atom is -0.453 e. The maximum atomic E-state index is 13.3. The molecule has 0 radical (unpaired) electrons. The van der Waals surface area contributed by atoms with Gasteiger partial charge in [0.25, 0.3) is 5.69 Å². The Bertz CT molecular complexity index is 994. The Kier molecular flexibility index (Phi) is 4.22. The molecule has 0 amide bonds. The molecule has 0 saturated heterocycles. The molecular weight excluding hydrogens is 327 g/mol. The van der Waals surface area contributed by atoms with Gasteiger partial charge in [-0.2, -0.15) is 0 Å². The number of nitro groups is 1. The van der Waals surface area contributed by atoms with Crippen molar-refractivity contribution >= 4 is 28.1 Å². The second kappa shape index (κ2) is 6.35. The number of fused-ring (bicyclic) bond motifs is 1. The summed E-state index contributed by atoms with van der Waals surface area (Å²) in [6.45, 7) is 3.38. The summed E-state index contributed by atoms with van der Waals surface area (Å²) in [6, 6.07) is 8.46. The third-order valence-corrected chi connectivity index (χ3v) is 4.02. The number of halogens is 1. The quantitative estimate of drug-likeness (QED) is 0.422. The number of carbonyl (C=O) groups excluding carboxylic acids is 1. The number of nitrogens with one attached hydrogen (secondary N) is 1. The fourth-order valence-corrected chi connectivity index (χ4v) is 2.63. The van der Waals surface area contributed by atoms with Gasteiger partial charge in [-0.15, -0.1) is 0 Å². The molecule has 0 aliphatic carbocycles. The van der Waals surface area contributed by atoms with E-state index in [2.05, 4.69) is 5.32 Å². The van der Waals surface area contributed by atoms with E-state index in [0.29, 0.717) is 22.2 Å². The third-order valence-electron chi connectivity index (χ3n) is 4.02. The van der Waals surface area contributed by atoms with Gasteiger partial charge in [0.15, 0.2) is 5.76 Å². The lowest BCUT2D eigenvalue weighted by Crippen LogP contribution is -2.15. The minimum absolute atomic E-state index is 0.0593. The highest BCUT2D eigenvalue weighted by Crippen LogP contribution is 2.27. The van der Waals surface area contributed by atoms with Crippen molar-refractivity contribution in [2.75, 3.05) is 11.9 Å². The summed E-state index contributed by atoms with van der Waals surface area (Å²) in [4.78, 5) is 22.8. The first-order valence-electron chi connectivity index (χ1n) is 7.57. The van der Waals surface area contributed by atoms with Gasteiger partial charge < -0.3 is 9.73 Å². The number of aryl methyl sites for hydroxylation is 2. The van der Waals surface area contributed by atoms with Crippen LogP contribution in [0.3, 0.4) is 0 Å². The van der Waals surface area contributed by atoms with Crippen LogP contribution in [-0.2, 0) is 0 Å². The highest BCUT2D eigenvalue weighted by molar-refractivity contribution is 6.02. The zero-order chi connectivity index (χ0) is 18.1. The van der Waals surface area contributed by atoms with Crippen molar-refractivity contribution < 1.29 is 18.5 Å². The minimum atomic E-state index is -0.496. The molecule has 25 heavy (non-hydrogen) atoms. The number of non-ortho nitro benzene ring substituents is 1. The molecule has 0 atom stereocenters. The second-order valence-electron chi connectivity index (χ2n) is 5.73. The summed E-state index contributed by atoms with van der Waals surface area (Å²) in [5.41, 5.74) is 2.23. The van der Waals surface area contributed by atoms with Crippen LogP contribution in [0, 0.1) is 29.8 Å². The van der Waals surface area contributed by atoms with Crippen LogP contribution < -0.4 is 5.32 Å². The zero-order valence-electron chi connectivity index (χ0n) is 13.6. The first kappa shape index (κ1) is 16.6. The Labute approximate surface area is 142 Å². The molecule has 0 spiro atoms. The second-order valence-corrected chi connectivity index (χ2v) is 5.73. The summed E-state index contributed by atoms with van der Waals surface area (Å²) in [7, 11) is 0. The number of anilines is 1. The van der Waals surface area contributed by atoms with E-state index in [1.807, 2.05) is 0 Å². The molecular formula is C18H15FN2O4. The number of ketones is 1. The number of carbonyl (C=O) groups is 1. The highest BCUT2D eigenvalue weighted by atomic mass is 19.1. The Morgan fingerprint density at radius 2 is 2.00 bits per heavy atom. The molecule has 1 heterocycles. The van der Waals surface area contributed by atoms with Crippen LogP contribution in [0.1, 0.15) is 21.7 Å². The molecule has 0 fully saturated rings. The smallest absolute Gasteiger partial charge is 0.271 e. The SMILES string of the molecule is Cc1ccc([N+](=O)[O-])cc1NCC(=O)c1oc2ccc(F)cc2c1C. The molecule has 0 aliphatic heterocycles. The third kappa shape index (κ3) is 3.21. The molecule has 0 aliphatic rings. The van der Waals surface area contributed by atoms with E-state index in [9.17, 15) is 19.3 Å². The molecule has 3 rings (SSSR count). The lowest BCUT2D eigenvalue weighted by atomic mass is 10.1. The highest BCUT2D eigenvalue weighted by Gasteiger charge is 2.18. The van der Waals surface area contributed by atoms with Gasteiger partial charge in [0.1, 0.15) is 11.4 Å². The fraction of sp³-hybridized carbons (Fsp3) is 0.167. The summed E-state index contributed by atoms with van der Waals surface area (Å²) < 4.78 is 18.9. The number of Topliss-reactive ketones (excluding diaryl/α,β-unsaturated/α-hetero) is 1. The van der Waals surface area contributed by atoms with Gasteiger partial charge >= 0.3 is 0 Å². The van der Waals surface area contributed by atoms with E-state index in [0.717, 1.165) is 5.56 Å². The Balaban J connectivity index is 1.83. The zero-order valence-corrected chi connectivity index (χ0v) is 13.6. The van der Waals surface area contributed by atoms with Crippen LogP contribution in [0.5, 0.6) is 0 Å². The van der Waals surface area contributed by atoms with Crippen molar-refractivity contribution in [1.82, 2.24) is 0 Å². The predicted octanol–water partition coefficient (Wildman–Crippen LogP) is 4.39. The number of nitro benzene ring substituents is 1. The van der Waals surface area contributed by atoms with E-state index in [1.165, 1.54) is 30.3 Å². The molecule has 7 heteroatoms. The average molecular weight is 342 g/mol. The molecule has 2 aromatic carbocycles. The molecule has 6 nitrogen and oxygen atoms in total. The molecule has 0 unspecified atom stereocenters. The van der Waals surface area contributed by atoms with Gasteiger partial charge in [-0.25, -0.2) is 4.39 Å². The number of rotatable bonds is 5. The van der Waals surface area contributed by atoms with Gasteiger partial charge in [-0.3, -0.25) is 14.9 Å². The molecule has 128 valence electrons. The molecule has 0 bridgehead atoms. The van der Waals surface area contributed by atoms with Crippen molar-refractivity contribution in [3.8, 4) is 0 Å². The lowest BCUT2D eigenvalue weighted by Gasteiger charge is -2.08. The summed E-state index contributed by atoms with van der Waals surface area (Å²) in [5.74, 6) is -0.572. The summed E-state index contributed by atoms with van der Waals surface area (Å²) in [6.07, 6.45) is 0. The Morgan fingerprint density at radius 3 is 2.72 bits per heavy atom. The number of benzene rings is 2. The van der Waals surface area contributed by atoms with Crippen LogP contribution in [0.15, 0.2) is 40.8 Å². The summed E-state index contributed by atoms with van der Waals surface area (Å²) >= 11 is 0. The molecule has 1 N–H and O–H groups in total.